The van der Waals surface area contributed by atoms with Crippen molar-refractivity contribution < 1.29 is 18.4 Å². The Labute approximate surface area is 121 Å². The summed E-state index contributed by atoms with van der Waals surface area (Å²) < 4.78 is 15.6. The number of rotatable bonds is 3. The zero-order valence-corrected chi connectivity index (χ0v) is 12.5. The quantitative estimate of drug-likeness (QED) is 0.872. The van der Waals surface area contributed by atoms with Gasteiger partial charge in [0, 0.05) is 18.8 Å². The molecule has 0 atom stereocenters. The molecule has 0 spiro atoms. The minimum atomic E-state index is -0.488. The van der Waals surface area contributed by atoms with E-state index >= 15 is 0 Å². The van der Waals surface area contributed by atoms with Gasteiger partial charge in [0.2, 0.25) is 0 Å². The summed E-state index contributed by atoms with van der Waals surface area (Å²) in [6.07, 6.45) is 0.252. The van der Waals surface area contributed by atoms with Crippen LogP contribution in [0.5, 0.6) is 0 Å². The molecule has 1 heterocycles. The van der Waals surface area contributed by atoms with Crippen molar-refractivity contribution in [3.63, 3.8) is 0 Å². The highest BCUT2D eigenvalue weighted by Crippen LogP contribution is 2.18. The summed E-state index contributed by atoms with van der Waals surface area (Å²) >= 11 is 4.82. The van der Waals surface area contributed by atoms with Gasteiger partial charge in [0.05, 0.1) is 0 Å². The van der Waals surface area contributed by atoms with Crippen LogP contribution in [-0.4, -0.2) is 18.2 Å². The van der Waals surface area contributed by atoms with Crippen molar-refractivity contribution in [3.8, 4) is 0 Å². The van der Waals surface area contributed by atoms with Crippen molar-refractivity contribution in [1.29, 1.82) is 0 Å². The first-order valence-corrected chi connectivity index (χ1v) is 6.74. The molecule has 0 aliphatic carbocycles. The molecule has 6 heteroatoms. The average Bonchev–Trinajstić information content (AvgIpc) is 2.66. The normalized spacial score (nSPS) is 11.6. The Kier molecular flexibility index (Phi) is 4.13. The fourth-order valence-corrected chi connectivity index (χ4v) is 1.88. The van der Waals surface area contributed by atoms with Crippen LogP contribution in [0.3, 0.4) is 0 Å². The number of hydrogen-bond acceptors (Lipinski definition) is 5. The van der Waals surface area contributed by atoms with Gasteiger partial charge in [-0.1, -0.05) is 6.07 Å². The first kappa shape index (κ1) is 14.6. The number of ether oxygens (including phenoxy) is 1. The lowest BCUT2D eigenvalue weighted by Gasteiger charge is -2.19. The molecule has 108 valence electrons. The Bertz CT molecular complexity index is 666. The van der Waals surface area contributed by atoms with Crippen molar-refractivity contribution in [2.75, 3.05) is 6.54 Å². The van der Waals surface area contributed by atoms with Crippen LogP contribution in [0, 0.1) is 4.90 Å². The highest BCUT2D eigenvalue weighted by atomic mass is 32.1. The monoisotopic (exact) mass is 295 g/mol. The maximum absolute atomic E-state index is 11.5. The molecule has 0 unspecified atom stereocenters. The Morgan fingerprint density at radius 1 is 1.30 bits per heavy atom. The van der Waals surface area contributed by atoms with Gasteiger partial charge in [0.1, 0.15) is 5.60 Å². The molecule has 0 saturated carbocycles. The van der Waals surface area contributed by atoms with Crippen LogP contribution in [-0.2, 0) is 11.2 Å². The minimum absolute atomic E-state index is 0.115. The molecule has 0 aliphatic heterocycles. The topological polar surface area (TPSA) is 64.6 Å². The predicted molar refractivity (Wildman–Crippen MR) is 77.3 cm³/mol. The molecule has 1 aromatic carbocycles. The second kappa shape index (κ2) is 5.66. The van der Waals surface area contributed by atoms with E-state index in [-0.39, 0.29) is 4.90 Å². The lowest BCUT2D eigenvalue weighted by Crippen LogP contribution is -2.33. The second-order valence-corrected chi connectivity index (χ2v) is 5.75. The van der Waals surface area contributed by atoms with Gasteiger partial charge in [-0.05, 0) is 44.9 Å². The Balaban J connectivity index is 1.89. The highest BCUT2D eigenvalue weighted by Gasteiger charge is 2.15. The molecule has 2 rings (SSSR count). The molecule has 1 amide bonds. The first-order chi connectivity index (χ1) is 9.33. The van der Waals surface area contributed by atoms with E-state index in [9.17, 15) is 4.79 Å². The fourth-order valence-electron chi connectivity index (χ4n) is 1.70. The van der Waals surface area contributed by atoms with Gasteiger partial charge in [-0.3, -0.25) is 0 Å². The average molecular weight is 295 g/mol. The Morgan fingerprint density at radius 2 is 2.00 bits per heavy atom. The van der Waals surface area contributed by atoms with Crippen LogP contribution < -0.4 is 5.32 Å². The first-order valence-electron chi connectivity index (χ1n) is 6.33. The zero-order valence-electron chi connectivity index (χ0n) is 11.7. The van der Waals surface area contributed by atoms with Crippen molar-refractivity contribution >= 4 is 29.5 Å². The van der Waals surface area contributed by atoms with Crippen molar-refractivity contribution in [3.05, 3.63) is 28.7 Å². The van der Waals surface area contributed by atoms with E-state index in [1.165, 1.54) is 0 Å². The summed E-state index contributed by atoms with van der Waals surface area (Å²) in [6, 6.07) is 5.57. The van der Waals surface area contributed by atoms with Crippen LogP contribution in [0.25, 0.3) is 11.2 Å². The van der Waals surface area contributed by atoms with Gasteiger partial charge in [-0.25, -0.2) is 4.79 Å². The predicted octanol–water partition coefficient (Wildman–Crippen LogP) is 3.82. The Morgan fingerprint density at radius 3 is 2.70 bits per heavy atom. The summed E-state index contributed by atoms with van der Waals surface area (Å²) in [5.74, 6) is 0. The lowest BCUT2D eigenvalue weighted by molar-refractivity contribution is 0.0528. The van der Waals surface area contributed by atoms with Gasteiger partial charge in [0.25, 0.3) is 0 Å². The minimum Gasteiger partial charge on any atom is -0.444 e. The van der Waals surface area contributed by atoms with E-state index in [0.29, 0.717) is 24.1 Å². The summed E-state index contributed by atoms with van der Waals surface area (Å²) in [5, 5.41) is 2.71. The molecule has 0 saturated heterocycles. The molecule has 0 bridgehead atoms. The second-order valence-electron chi connectivity index (χ2n) is 5.41. The van der Waals surface area contributed by atoms with E-state index in [1.807, 2.05) is 32.9 Å². The van der Waals surface area contributed by atoms with Crippen LogP contribution in [0.4, 0.5) is 4.79 Å². The molecule has 0 radical (unpaired) electrons. The molecule has 1 N–H and O–H groups in total. The summed E-state index contributed by atoms with van der Waals surface area (Å²) in [4.78, 5) is 11.6. The maximum atomic E-state index is 11.5. The van der Waals surface area contributed by atoms with Crippen molar-refractivity contribution in [2.24, 2.45) is 0 Å². The SMILES string of the molecule is CC(C)(C)OC(=O)NCCc1ccc2oc(=S)oc2c1. The molecule has 1 aromatic heterocycles. The Hall–Kier alpha value is -1.82. The van der Waals surface area contributed by atoms with Gasteiger partial charge in [0.15, 0.2) is 11.2 Å². The van der Waals surface area contributed by atoms with E-state index < -0.39 is 11.7 Å². The number of alkyl carbamates (subject to hydrolysis) is 1. The van der Waals surface area contributed by atoms with Gasteiger partial charge in [-0.2, -0.15) is 0 Å². The summed E-state index contributed by atoms with van der Waals surface area (Å²) in [6.45, 7) is 5.97. The number of benzene rings is 1. The van der Waals surface area contributed by atoms with E-state index in [1.54, 1.807) is 6.07 Å². The summed E-state index contributed by atoms with van der Waals surface area (Å²) in [7, 11) is 0. The van der Waals surface area contributed by atoms with Gasteiger partial charge >= 0.3 is 11.0 Å². The van der Waals surface area contributed by atoms with Gasteiger partial charge < -0.3 is 18.9 Å². The molecular weight excluding hydrogens is 278 g/mol. The largest absolute Gasteiger partial charge is 0.444 e. The zero-order chi connectivity index (χ0) is 14.8. The standard InChI is InChI=1S/C14H17NO4S/c1-14(2,3)19-12(16)15-7-6-9-4-5-10-11(8-9)18-13(20)17-10/h4-5,8H,6-7H2,1-3H3,(H,15,16). The molecule has 20 heavy (non-hydrogen) atoms. The number of carbonyl (C=O) groups excluding carboxylic acids is 1. The van der Waals surface area contributed by atoms with Crippen LogP contribution in [0.1, 0.15) is 26.3 Å². The third kappa shape index (κ3) is 4.09. The highest BCUT2D eigenvalue weighted by molar-refractivity contribution is 7.71. The van der Waals surface area contributed by atoms with Crippen molar-refractivity contribution in [2.45, 2.75) is 32.8 Å². The van der Waals surface area contributed by atoms with Gasteiger partial charge in [-0.15, -0.1) is 0 Å². The smallest absolute Gasteiger partial charge is 0.407 e. The van der Waals surface area contributed by atoms with Crippen LogP contribution >= 0.6 is 12.2 Å². The molecule has 2 aromatic rings. The third-order valence-corrected chi connectivity index (χ3v) is 2.64. The lowest BCUT2D eigenvalue weighted by atomic mass is 10.1. The number of amides is 1. The van der Waals surface area contributed by atoms with E-state index in [0.717, 1.165) is 5.56 Å². The molecule has 0 fully saturated rings. The van der Waals surface area contributed by atoms with Crippen molar-refractivity contribution in [1.82, 2.24) is 5.32 Å². The molecule has 5 nitrogen and oxygen atoms in total. The number of fused-ring (bicyclic) bond motifs is 1. The fraction of sp³-hybridized carbons (Fsp3) is 0.429. The molecular formula is C14H17NO4S. The summed E-state index contributed by atoms with van der Waals surface area (Å²) in [5.41, 5.74) is 1.77. The maximum Gasteiger partial charge on any atom is 0.407 e. The number of nitrogens with one attached hydrogen (secondary N) is 1. The van der Waals surface area contributed by atoms with E-state index in [4.69, 9.17) is 25.8 Å². The van der Waals surface area contributed by atoms with Crippen LogP contribution in [0.15, 0.2) is 27.0 Å². The van der Waals surface area contributed by atoms with Crippen LogP contribution in [0.2, 0.25) is 0 Å². The third-order valence-electron chi connectivity index (χ3n) is 2.48. The number of hydrogen-bond donors (Lipinski definition) is 1. The van der Waals surface area contributed by atoms with E-state index in [2.05, 4.69) is 5.32 Å². The number of carbonyl (C=O) groups is 1. The molecule has 0 aliphatic rings.